The zero-order valence-corrected chi connectivity index (χ0v) is 14.8. The van der Waals surface area contributed by atoms with Crippen LogP contribution >= 0.6 is 0 Å². The Morgan fingerprint density at radius 3 is 2.27 bits per heavy atom. The molecule has 0 atom stereocenters. The topological polar surface area (TPSA) is 65.7 Å². The summed E-state index contributed by atoms with van der Waals surface area (Å²) in [7, 11) is 4.06. The van der Waals surface area contributed by atoms with Crippen molar-refractivity contribution in [3.8, 4) is 0 Å². The molecule has 124 valence electrons. The van der Waals surface area contributed by atoms with Crippen LogP contribution in [0.5, 0.6) is 0 Å². The molecule has 0 aromatic heterocycles. The molecule has 0 bridgehead atoms. The summed E-state index contributed by atoms with van der Waals surface area (Å²) in [6.45, 7) is 9.73. The predicted octanol–water partition coefficient (Wildman–Crippen LogP) is 2.50. The van der Waals surface area contributed by atoms with Crippen LogP contribution in [0.15, 0.2) is 29.3 Å². The average Bonchev–Trinajstić information content (AvgIpc) is 2.45. The molecule has 0 radical (unpaired) electrons. The van der Waals surface area contributed by atoms with Gasteiger partial charge in [-0.1, -0.05) is 13.8 Å². The number of anilines is 2. The zero-order chi connectivity index (χ0) is 16.8. The van der Waals surface area contributed by atoms with Crippen molar-refractivity contribution in [3.05, 3.63) is 24.3 Å². The smallest absolute Gasteiger partial charge is 0.196 e. The van der Waals surface area contributed by atoms with Gasteiger partial charge in [0.2, 0.25) is 0 Å². The maximum absolute atomic E-state index is 5.78. The molecule has 0 spiro atoms. The Hall–Kier alpha value is -1.75. The number of nitrogens with two attached hydrogens (primary N) is 1. The molecule has 0 aliphatic rings. The normalized spacial score (nSPS) is 12.5. The number of rotatable bonds is 6. The van der Waals surface area contributed by atoms with Gasteiger partial charge < -0.3 is 21.3 Å². The fourth-order valence-corrected chi connectivity index (χ4v) is 1.73. The third kappa shape index (κ3) is 6.35. The van der Waals surface area contributed by atoms with E-state index in [0.717, 1.165) is 11.6 Å². The number of benzene rings is 1. The summed E-state index contributed by atoms with van der Waals surface area (Å²) in [4.78, 5) is 6.74. The minimum absolute atomic E-state index is 0.000367. The molecule has 5 nitrogen and oxygen atoms in total. The van der Waals surface area contributed by atoms with Crippen LogP contribution in [0.1, 0.15) is 27.7 Å². The molecular formula is C17H31N5. The van der Waals surface area contributed by atoms with Crippen LogP contribution in [0.25, 0.3) is 0 Å². The Bertz CT molecular complexity index is 474. The van der Waals surface area contributed by atoms with Crippen LogP contribution in [0.3, 0.4) is 0 Å². The third-order valence-corrected chi connectivity index (χ3v) is 3.29. The van der Waals surface area contributed by atoms with Crippen LogP contribution in [-0.2, 0) is 0 Å². The first-order valence-electron chi connectivity index (χ1n) is 7.79. The Balaban J connectivity index is 2.82. The van der Waals surface area contributed by atoms with Crippen LogP contribution in [0, 0.1) is 5.41 Å². The van der Waals surface area contributed by atoms with Crippen molar-refractivity contribution in [1.82, 2.24) is 5.32 Å². The molecule has 22 heavy (non-hydrogen) atoms. The second-order valence-electron chi connectivity index (χ2n) is 6.90. The molecule has 0 unspecified atom stereocenters. The van der Waals surface area contributed by atoms with Gasteiger partial charge in [0.25, 0.3) is 0 Å². The van der Waals surface area contributed by atoms with Crippen LogP contribution < -0.4 is 21.3 Å². The highest BCUT2D eigenvalue weighted by Gasteiger charge is 2.15. The van der Waals surface area contributed by atoms with Gasteiger partial charge in [0.05, 0.1) is 0 Å². The van der Waals surface area contributed by atoms with Crippen molar-refractivity contribution >= 4 is 17.3 Å². The van der Waals surface area contributed by atoms with E-state index in [0.29, 0.717) is 19.1 Å². The van der Waals surface area contributed by atoms with Crippen molar-refractivity contribution < 1.29 is 0 Å². The van der Waals surface area contributed by atoms with E-state index in [1.807, 2.05) is 14.1 Å². The largest absolute Gasteiger partial charge is 0.378 e. The standard InChI is InChI=1S/C17H31N5/c1-13(2)20-16(19-12-17(3,4)11-18)21-14-7-9-15(10-8-14)22(5)6/h7-10,13H,11-12,18H2,1-6H3,(H2,19,20,21). The van der Waals surface area contributed by atoms with Crippen LogP contribution in [0.4, 0.5) is 11.4 Å². The molecule has 0 aliphatic carbocycles. The fourth-order valence-electron chi connectivity index (χ4n) is 1.73. The maximum atomic E-state index is 5.78. The summed E-state index contributed by atoms with van der Waals surface area (Å²) >= 11 is 0. The summed E-state index contributed by atoms with van der Waals surface area (Å²) in [5.41, 5.74) is 7.97. The number of guanidine groups is 1. The lowest BCUT2D eigenvalue weighted by molar-refractivity contribution is 0.393. The van der Waals surface area contributed by atoms with Gasteiger partial charge in [-0.05, 0) is 50.1 Å². The van der Waals surface area contributed by atoms with Gasteiger partial charge in [-0.25, -0.2) is 0 Å². The Morgan fingerprint density at radius 2 is 1.82 bits per heavy atom. The second kappa shape index (κ2) is 8.03. The first-order valence-corrected chi connectivity index (χ1v) is 7.79. The highest BCUT2D eigenvalue weighted by molar-refractivity contribution is 5.94. The summed E-state index contributed by atoms with van der Waals surface area (Å²) in [5.74, 6) is 0.786. The first-order chi connectivity index (χ1) is 10.2. The van der Waals surface area contributed by atoms with Gasteiger partial charge in [0.1, 0.15) is 0 Å². The Labute approximate surface area is 135 Å². The van der Waals surface area contributed by atoms with Gasteiger partial charge in [-0.2, -0.15) is 0 Å². The molecule has 0 amide bonds. The minimum atomic E-state index is 0.000367. The number of nitrogens with one attached hydrogen (secondary N) is 2. The Kier molecular flexibility index (Phi) is 6.68. The van der Waals surface area contributed by atoms with Crippen LogP contribution in [0.2, 0.25) is 0 Å². The lowest BCUT2D eigenvalue weighted by atomic mass is 9.94. The van der Waals surface area contributed by atoms with E-state index >= 15 is 0 Å². The van der Waals surface area contributed by atoms with Crippen molar-refractivity contribution in [1.29, 1.82) is 0 Å². The number of hydrogen-bond acceptors (Lipinski definition) is 3. The third-order valence-electron chi connectivity index (χ3n) is 3.29. The zero-order valence-electron chi connectivity index (χ0n) is 14.8. The van der Waals surface area contributed by atoms with E-state index in [1.165, 1.54) is 5.69 Å². The summed E-state index contributed by atoms with van der Waals surface area (Å²) in [6.07, 6.45) is 0. The Morgan fingerprint density at radius 1 is 1.23 bits per heavy atom. The van der Waals surface area contributed by atoms with Gasteiger partial charge in [0.15, 0.2) is 5.96 Å². The summed E-state index contributed by atoms with van der Waals surface area (Å²) < 4.78 is 0. The molecule has 0 aliphatic heterocycles. The van der Waals surface area contributed by atoms with Crippen molar-refractivity contribution in [2.24, 2.45) is 16.1 Å². The molecule has 1 rings (SSSR count). The van der Waals surface area contributed by atoms with Crippen molar-refractivity contribution in [2.45, 2.75) is 33.7 Å². The lowest BCUT2D eigenvalue weighted by Gasteiger charge is -2.22. The quantitative estimate of drug-likeness (QED) is 0.558. The lowest BCUT2D eigenvalue weighted by Crippen LogP contribution is -2.37. The van der Waals surface area contributed by atoms with Crippen molar-refractivity contribution in [2.75, 3.05) is 37.4 Å². The monoisotopic (exact) mass is 305 g/mol. The van der Waals surface area contributed by atoms with Gasteiger partial charge in [-0.3, -0.25) is 4.99 Å². The van der Waals surface area contributed by atoms with Crippen LogP contribution in [-0.4, -0.2) is 39.2 Å². The van der Waals surface area contributed by atoms with E-state index in [4.69, 9.17) is 5.73 Å². The van der Waals surface area contributed by atoms with E-state index in [9.17, 15) is 0 Å². The average molecular weight is 305 g/mol. The minimum Gasteiger partial charge on any atom is -0.378 e. The molecule has 0 saturated heterocycles. The van der Waals surface area contributed by atoms with E-state index in [1.54, 1.807) is 0 Å². The second-order valence-corrected chi connectivity index (χ2v) is 6.90. The first kappa shape index (κ1) is 18.3. The molecule has 4 N–H and O–H groups in total. The highest BCUT2D eigenvalue weighted by Crippen LogP contribution is 2.16. The molecule has 1 aromatic rings. The molecular weight excluding hydrogens is 274 g/mol. The SMILES string of the molecule is CC(C)NC(=NCC(C)(C)CN)Nc1ccc(N(C)C)cc1. The number of aliphatic imine (C=N–C) groups is 1. The number of hydrogen-bond donors (Lipinski definition) is 3. The van der Waals surface area contributed by atoms with E-state index in [-0.39, 0.29) is 5.41 Å². The van der Waals surface area contributed by atoms with Gasteiger partial charge in [-0.15, -0.1) is 0 Å². The van der Waals surface area contributed by atoms with E-state index in [2.05, 4.69) is 72.5 Å². The molecule has 0 fully saturated rings. The summed E-state index contributed by atoms with van der Waals surface area (Å²) in [5, 5.41) is 6.70. The van der Waals surface area contributed by atoms with Gasteiger partial charge >= 0.3 is 0 Å². The van der Waals surface area contributed by atoms with Crippen molar-refractivity contribution in [3.63, 3.8) is 0 Å². The highest BCUT2D eigenvalue weighted by atomic mass is 15.2. The maximum Gasteiger partial charge on any atom is 0.196 e. The number of nitrogens with zero attached hydrogens (tertiary/aromatic N) is 2. The molecule has 5 heteroatoms. The van der Waals surface area contributed by atoms with E-state index < -0.39 is 0 Å². The van der Waals surface area contributed by atoms with Gasteiger partial charge in [0, 0.05) is 38.1 Å². The molecule has 1 aromatic carbocycles. The molecule has 0 heterocycles. The fraction of sp³-hybridized carbons (Fsp3) is 0.588. The predicted molar refractivity (Wildman–Crippen MR) is 97.8 cm³/mol. The summed E-state index contributed by atoms with van der Waals surface area (Å²) in [6, 6.07) is 8.59. The molecule has 0 saturated carbocycles.